The number of aromatic nitrogens is 1. The molecular formula is C15H17N3O4S2. The van der Waals surface area contributed by atoms with E-state index < -0.39 is 10.0 Å². The van der Waals surface area contributed by atoms with Gasteiger partial charge >= 0.3 is 0 Å². The van der Waals surface area contributed by atoms with Gasteiger partial charge in [-0.3, -0.25) is 14.9 Å². The van der Waals surface area contributed by atoms with Gasteiger partial charge in [0, 0.05) is 23.9 Å². The molecule has 24 heavy (non-hydrogen) atoms. The number of thiazole rings is 1. The van der Waals surface area contributed by atoms with E-state index in [4.69, 9.17) is 4.84 Å². The third-order valence-corrected chi connectivity index (χ3v) is 6.22. The fourth-order valence-electron chi connectivity index (χ4n) is 2.10. The summed E-state index contributed by atoms with van der Waals surface area (Å²) >= 11 is 1.39. The van der Waals surface area contributed by atoms with Crippen molar-refractivity contribution in [2.45, 2.75) is 23.7 Å². The molecule has 0 aliphatic heterocycles. The Hall–Kier alpha value is -1.81. The van der Waals surface area contributed by atoms with Crippen molar-refractivity contribution in [1.82, 2.24) is 9.45 Å². The number of amides is 1. The van der Waals surface area contributed by atoms with Gasteiger partial charge in [0.1, 0.15) is 0 Å². The molecular weight excluding hydrogens is 350 g/mol. The Labute approximate surface area is 144 Å². The monoisotopic (exact) mass is 367 g/mol. The molecule has 128 valence electrons. The maximum absolute atomic E-state index is 12.2. The molecule has 0 atom stereocenters. The number of benzene rings is 1. The molecule has 1 heterocycles. The highest BCUT2D eigenvalue weighted by Gasteiger charge is 2.26. The summed E-state index contributed by atoms with van der Waals surface area (Å²) in [7, 11) is -1.15. The smallest absolute Gasteiger partial charge is 0.264 e. The summed E-state index contributed by atoms with van der Waals surface area (Å²) in [6, 6.07) is 5.66. The molecule has 1 saturated carbocycles. The standard InChI is InChI=1S/C15H17N3O4S2/c1-18(22-2)24(20,21)12-7-5-11(6-8-12)14(19)17-15-16-13(9-23-15)10-3-4-10/h5-10H,3-4H2,1-2H3,(H,16,17,19). The first-order chi connectivity index (χ1) is 11.4. The normalized spacial score (nSPS) is 14.8. The van der Waals surface area contributed by atoms with Crippen LogP contribution in [0, 0.1) is 0 Å². The second-order valence-electron chi connectivity index (χ2n) is 5.43. The summed E-state index contributed by atoms with van der Waals surface area (Å²) in [4.78, 5) is 21.4. The van der Waals surface area contributed by atoms with Crippen LogP contribution in [0.1, 0.15) is 34.8 Å². The number of nitrogens with one attached hydrogen (secondary N) is 1. The largest absolute Gasteiger partial charge is 0.298 e. The Balaban J connectivity index is 1.71. The van der Waals surface area contributed by atoms with Crippen LogP contribution in [-0.4, -0.2) is 37.9 Å². The lowest BCUT2D eigenvalue weighted by Crippen LogP contribution is -2.25. The first kappa shape index (κ1) is 17.0. The number of carbonyl (C=O) groups excluding carboxylic acids is 1. The van der Waals surface area contributed by atoms with Crippen molar-refractivity contribution in [3.63, 3.8) is 0 Å². The van der Waals surface area contributed by atoms with Gasteiger partial charge in [-0.15, -0.1) is 11.3 Å². The summed E-state index contributed by atoms with van der Waals surface area (Å²) in [5.41, 5.74) is 1.39. The lowest BCUT2D eigenvalue weighted by Gasteiger charge is -2.14. The van der Waals surface area contributed by atoms with Gasteiger partial charge in [0.15, 0.2) is 5.13 Å². The SMILES string of the molecule is CON(C)S(=O)(=O)c1ccc(C(=O)Nc2nc(C3CC3)cs2)cc1. The van der Waals surface area contributed by atoms with Crippen LogP contribution >= 0.6 is 11.3 Å². The minimum Gasteiger partial charge on any atom is -0.298 e. The van der Waals surface area contributed by atoms with E-state index in [1.54, 1.807) is 0 Å². The fourth-order valence-corrected chi connectivity index (χ4v) is 3.86. The van der Waals surface area contributed by atoms with Crippen LogP contribution < -0.4 is 5.32 Å². The number of hydrogen-bond donors (Lipinski definition) is 1. The molecule has 1 aliphatic carbocycles. The van der Waals surface area contributed by atoms with E-state index >= 15 is 0 Å². The van der Waals surface area contributed by atoms with Gasteiger partial charge in [0.05, 0.1) is 17.7 Å². The second kappa shape index (κ2) is 6.60. The zero-order chi connectivity index (χ0) is 17.3. The quantitative estimate of drug-likeness (QED) is 0.792. The number of hydrogen-bond acceptors (Lipinski definition) is 6. The van der Waals surface area contributed by atoms with Crippen LogP contribution in [0.25, 0.3) is 0 Å². The summed E-state index contributed by atoms with van der Waals surface area (Å²) in [5, 5.41) is 5.25. The Kier molecular flexibility index (Phi) is 4.68. The molecule has 0 bridgehead atoms. The number of rotatable bonds is 6. The highest BCUT2D eigenvalue weighted by molar-refractivity contribution is 7.89. The summed E-state index contributed by atoms with van der Waals surface area (Å²) < 4.78 is 25.0. The van der Waals surface area contributed by atoms with Gasteiger partial charge in [0.25, 0.3) is 15.9 Å². The van der Waals surface area contributed by atoms with E-state index in [2.05, 4.69) is 10.3 Å². The van der Waals surface area contributed by atoms with Crippen LogP contribution in [0.2, 0.25) is 0 Å². The van der Waals surface area contributed by atoms with Crippen molar-refractivity contribution in [3.05, 3.63) is 40.9 Å². The molecule has 2 aromatic rings. The highest BCUT2D eigenvalue weighted by atomic mass is 32.2. The van der Waals surface area contributed by atoms with Crippen molar-refractivity contribution in [2.24, 2.45) is 0 Å². The van der Waals surface area contributed by atoms with E-state index in [0.717, 1.165) is 23.0 Å². The second-order valence-corrected chi connectivity index (χ2v) is 8.22. The van der Waals surface area contributed by atoms with Crippen LogP contribution in [0.3, 0.4) is 0 Å². The van der Waals surface area contributed by atoms with E-state index in [1.807, 2.05) is 5.38 Å². The van der Waals surface area contributed by atoms with Crippen molar-refractivity contribution in [3.8, 4) is 0 Å². The van der Waals surface area contributed by atoms with Crippen LogP contribution in [-0.2, 0) is 14.9 Å². The molecule has 0 unspecified atom stereocenters. The average Bonchev–Trinajstić information content (AvgIpc) is 3.34. The van der Waals surface area contributed by atoms with Crippen molar-refractivity contribution >= 4 is 32.4 Å². The topological polar surface area (TPSA) is 88.6 Å². The van der Waals surface area contributed by atoms with E-state index in [9.17, 15) is 13.2 Å². The Morgan fingerprint density at radius 2 is 2.00 bits per heavy atom. The van der Waals surface area contributed by atoms with Crippen LogP contribution in [0.4, 0.5) is 5.13 Å². The van der Waals surface area contributed by atoms with Crippen LogP contribution in [0.15, 0.2) is 34.5 Å². The Bertz CT molecular complexity index is 842. The van der Waals surface area contributed by atoms with Crippen molar-refractivity contribution < 1.29 is 18.0 Å². The molecule has 1 aromatic carbocycles. The number of sulfonamides is 1. The maximum Gasteiger partial charge on any atom is 0.264 e. The zero-order valence-electron chi connectivity index (χ0n) is 13.2. The zero-order valence-corrected chi connectivity index (χ0v) is 14.9. The summed E-state index contributed by atoms with van der Waals surface area (Å²) in [6.07, 6.45) is 2.31. The molecule has 1 fully saturated rings. The predicted molar refractivity (Wildman–Crippen MR) is 90.4 cm³/mol. The fraction of sp³-hybridized carbons (Fsp3) is 0.333. The number of hydroxylamine groups is 1. The molecule has 0 radical (unpaired) electrons. The lowest BCUT2D eigenvalue weighted by molar-refractivity contribution is -0.0258. The molecule has 3 rings (SSSR count). The summed E-state index contributed by atoms with van der Waals surface area (Å²) in [6.45, 7) is 0. The van der Waals surface area contributed by atoms with Gasteiger partial charge in [-0.05, 0) is 37.1 Å². The third-order valence-electron chi connectivity index (χ3n) is 3.75. The molecule has 7 nitrogen and oxygen atoms in total. The van der Waals surface area contributed by atoms with E-state index in [1.165, 1.54) is 49.8 Å². The predicted octanol–water partition coefficient (Wildman–Crippen LogP) is 2.45. The van der Waals surface area contributed by atoms with E-state index in [0.29, 0.717) is 16.6 Å². The van der Waals surface area contributed by atoms with Gasteiger partial charge < -0.3 is 0 Å². The van der Waals surface area contributed by atoms with Crippen molar-refractivity contribution in [2.75, 3.05) is 19.5 Å². The minimum atomic E-state index is -3.72. The lowest BCUT2D eigenvalue weighted by atomic mass is 10.2. The summed E-state index contributed by atoms with van der Waals surface area (Å²) in [5.74, 6) is 0.213. The number of anilines is 1. The minimum absolute atomic E-state index is 0.0497. The van der Waals surface area contributed by atoms with Gasteiger partial charge in [0.2, 0.25) is 0 Å². The Morgan fingerprint density at radius 3 is 2.58 bits per heavy atom. The Morgan fingerprint density at radius 1 is 1.33 bits per heavy atom. The average molecular weight is 367 g/mol. The maximum atomic E-state index is 12.2. The number of carbonyl (C=O) groups is 1. The van der Waals surface area contributed by atoms with Gasteiger partial charge in [-0.2, -0.15) is 0 Å². The van der Waals surface area contributed by atoms with E-state index in [-0.39, 0.29) is 10.8 Å². The first-order valence-electron chi connectivity index (χ1n) is 7.31. The third kappa shape index (κ3) is 3.48. The molecule has 1 aromatic heterocycles. The number of nitrogens with zero attached hydrogens (tertiary/aromatic N) is 2. The van der Waals surface area contributed by atoms with Crippen molar-refractivity contribution in [1.29, 1.82) is 0 Å². The molecule has 0 saturated heterocycles. The highest BCUT2D eigenvalue weighted by Crippen LogP contribution is 2.40. The van der Waals surface area contributed by atoms with Gasteiger partial charge in [-0.25, -0.2) is 13.4 Å². The van der Waals surface area contributed by atoms with Gasteiger partial charge in [-0.1, -0.05) is 4.47 Å². The molecule has 1 N–H and O–H groups in total. The molecule has 0 spiro atoms. The first-order valence-corrected chi connectivity index (χ1v) is 9.63. The molecule has 9 heteroatoms. The van der Waals surface area contributed by atoms with Crippen LogP contribution in [0.5, 0.6) is 0 Å². The molecule has 1 amide bonds. The molecule has 1 aliphatic rings.